The number of hydrogen-bond acceptors (Lipinski definition) is 4. The molecule has 0 N–H and O–H groups in total. The monoisotopic (exact) mass is 259 g/mol. The molecule has 0 fully saturated rings. The van der Waals surface area contributed by atoms with Gasteiger partial charge in [-0.2, -0.15) is 0 Å². The first-order valence-electron chi connectivity index (χ1n) is 5.13. The molecule has 0 aliphatic heterocycles. The number of hydrogen-bond donors (Lipinski definition) is 0. The van der Waals surface area contributed by atoms with Crippen molar-refractivity contribution in [2.45, 2.75) is 33.3 Å². The maximum atomic E-state index is 11.8. The van der Waals surface area contributed by atoms with Gasteiger partial charge in [0.2, 0.25) is 10.0 Å². The lowest BCUT2D eigenvalue weighted by molar-refractivity contribution is 0.00690. The summed E-state index contributed by atoms with van der Waals surface area (Å²) in [5, 5.41) is 0. The molecule has 0 unspecified atom stereocenters. The molecular weight excluding hydrogens is 242 g/mol. The van der Waals surface area contributed by atoms with Crippen LogP contribution in [0, 0.1) is 6.92 Å². The average Bonchev–Trinajstić information content (AvgIpc) is 2.42. The molecule has 0 saturated carbocycles. The van der Waals surface area contributed by atoms with Crippen LogP contribution >= 0.6 is 0 Å². The molecule has 96 valence electrons. The van der Waals surface area contributed by atoms with E-state index in [4.69, 9.17) is 4.74 Å². The van der Waals surface area contributed by atoms with E-state index in [1.807, 2.05) is 0 Å². The Balaban J connectivity index is 3.09. The highest BCUT2D eigenvalue weighted by Crippen LogP contribution is 2.16. The Morgan fingerprint density at radius 2 is 1.82 bits per heavy atom. The van der Waals surface area contributed by atoms with E-state index in [9.17, 15) is 13.2 Å². The predicted molar refractivity (Wildman–Crippen MR) is 64.6 cm³/mol. The van der Waals surface area contributed by atoms with Gasteiger partial charge in [-0.25, -0.2) is 13.2 Å². The molecular formula is C11H17NO4S. The molecule has 0 radical (unpaired) electrons. The Labute approximate surface area is 101 Å². The molecule has 0 amide bonds. The molecule has 1 heterocycles. The summed E-state index contributed by atoms with van der Waals surface area (Å²) in [5.41, 5.74) is 0.242. The highest BCUT2D eigenvalue weighted by molar-refractivity contribution is 7.89. The van der Waals surface area contributed by atoms with Gasteiger partial charge in [-0.15, -0.1) is 0 Å². The maximum Gasteiger partial charge on any atom is 0.340 e. The van der Waals surface area contributed by atoms with Gasteiger partial charge in [0.05, 0.1) is 11.8 Å². The molecule has 0 spiro atoms. The number of esters is 1. The third kappa shape index (κ3) is 3.59. The van der Waals surface area contributed by atoms with Crippen LogP contribution in [-0.2, 0) is 14.8 Å². The Morgan fingerprint density at radius 3 is 2.18 bits per heavy atom. The second-order valence-electron chi connectivity index (χ2n) is 4.95. The molecule has 0 aromatic carbocycles. The zero-order valence-corrected chi connectivity index (χ0v) is 11.5. The molecule has 6 heteroatoms. The van der Waals surface area contributed by atoms with Crippen LogP contribution in [-0.4, -0.2) is 30.2 Å². The van der Waals surface area contributed by atoms with Crippen molar-refractivity contribution >= 4 is 16.0 Å². The van der Waals surface area contributed by atoms with Crippen LogP contribution in [0.2, 0.25) is 0 Å². The smallest absolute Gasteiger partial charge is 0.340 e. The Bertz CT molecular complexity index is 534. The summed E-state index contributed by atoms with van der Waals surface area (Å²) < 4.78 is 28.8. The van der Waals surface area contributed by atoms with E-state index in [2.05, 4.69) is 0 Å². The fourth-order valence-corrected chi connectivity index (χ4v) is 1.91. The quantitative estimate of drug-likeness (QED) is 0.756. The van der Waals surface area contributed by atoms with Crippen molar-refractivity contribution in [3.05, 3.63) is 23.5 Å². The molecule has 1 rings (SSSR count). The molecule has 1 aromatic heterocycles. The van der Waals surface area contributed by atoms with Crippen molar-refractivity contribution in [2.24, 2.45) is 0 Å². The number of ether oxygens (including phenoxy) is 1. The molecule has 0 aliphatic rings. The van der Waals surface area contributed by atoms with Crippen LogP contribution < -0.4 is 0 Å². The lowest BCUT2D eigenvalue weighted by atomic mass is 10.2. The number of carbonyl (C=O) groups is 1. The van der Waals surface area contributed by atoms with Gasteiger partial charge < -0.3 is 4.74 Å². The van der Waals surface area contributed by atoms with Gasteiger partial charge in [0.1, 0.15) is 5.60 Å². The van der Waals surface area contributed by atoms with Gasteiger partial charge in [-0.1, -0.05) is 0 Å². The van der Waals surface area contributed by atoms with E-state index >= 15 is 0 Å². The highest BCUT2D eigenvalue weighted by Gasteiger charge is 2.21. The fraction of sp³-hybridized carbons (Fsp3) is 0.545. The summed E-state index contributed by atoms with van der Waals surface area (Å²) in [6.45, 7) is 6.94. The summed E-state index contributed by atoms with van der Waals surface area (Å²) in [7, 11) is -3.37. The Morgan fingerprint density at radius 1 is 1.29 bits per heavy atom. The first-order valence-corrected chi connectivity index (χ1v) is 6.98. The Hall–Kier alpha value is -1.30. The maximum absolute atomic E-state index is 11.8. The number of carbonyl (C=O) groups excluding carboxylic acids is 1. The van der Waals surface area contributed by atoms with Gasteiger partial charge in [0.15, 0.2) is 0 Å². The van der Waals surface area contributed by atoms with Gasteiger partial charge in [0.25, 0.3) is 0 Å². The highest BCUT2D eigenvalue weighted by atomic mass is 32.2. The van der Waals surface area contributed by atoms with E-state index < -0.39 is 21.6 Å². The first-order chi connectivity index (χ1) is 7.50. The molecule has 0 bridgehead atoms. The molecule has 0 aliphatic carbocycles. The van der Waals surface area contributed by atoms with Crippen LogP contribution in [0.15, 0.2) is 12.4 Å². The average molecular weight is 259 g/mol. The summed E-state index contributed by atoms with van der Waals surface area (Å²) in [5.74, 6) is -0.516. The number of aryl methyl sites for hydroxylation is 1. The van der Waals surface area contributed by atoms with Gasteiger partial charge >= 0.3 is 5.97 Å². The standard InChI is InChI=1S/C11H17NO4S/c1-8-6-12(17(5,14)15)7-9(8)10(13)16-11(2,3)4/h6-7H,1-5H3. The minimum atomic E-state index is -3.37. The van der Waals surface area contributed by atoms with E-state index in [0.717, 1.165) is 10.2 Å². The second-order valence-corrected chi connectivity index (χ2v) is 6.84. The zero-order valence-electron chi connectivity index (χ0n) is 10.6. The Kier molecular flexibility index (Phi) is 3.38. The van der Waals surface area contributed by atoms with Gasteiger partial charge in [-0.3, -0.25) is 3.97 Å². The minimum Gasteiger partial charge on any atom is -0.456 e. The molecule has 17 heavy (non-hydrogen) atoms. The third-order valence-corrected chi connectivity index (χ3v) is 2.98. The lowest BCUT2D eigenvalue weighted by Crippen LogP contribution is -2.24. The summed E-state index contributed by atoms with van der Waals surface area (Å²) in [6, 6.07) is 0. The fourth-order valence-electron chi connectivity index (χ4n) is 1.26. The van der Waals surface area contributed by atoms with Crippen LogP contribution in [0.4, 0.5) is 0 Å². The van der Waals surface area contributed by atoms with Crippen molar-refractivity contribution < 1.29 is 17.9 Å². The van der Waals surface area contributed by atoms with E-state index in [1.165, 1.54) is 12.4 Å². The number of nitrogens with zero attached hydrogens (tertiary/aromatic N) is 1. The summed E-state index contributed by atoms with van der Waals surface area (Å²) >= 11 is 0. The van der Waals surface area contributed by atoms with E-state index in [0.29, 0.717) is 5.56 Å². The zero-order chi connectivity index (χ0) is 13.4. The predicted octanol–water partition coefficient (Wildman–Crippen LogP) is 1.56. The number of rotatable bonds is 2. The second kappa shape index (κ2) is 4.18. The molecule has 0 atom stereocenters. The topological polar surface area (TPSA) is 65.4 Å². The van der Waals surface area contributed by atoms with Crippen molar-refractivity contribution in [1.29, 1.82) is 0 Å². The van der Waals surface area contributed by atoms with Gasteiger partial charge in [0, 0.05) is 12.4 Å². The molecule has 0 saturated heterocycles. The molecule has 5 nitrogen and oxygen atoms in total. The van der Waals surface area contributed by atoms with E-state index in [1.54, 1.807) is 27.7 Å². The third-order valence-electron chi connectivity index (χ3n) is 2.00. The largest absolute Gasteiger partial charge is 0.456 e. The number of aromatic nitrogens is 1. The summed E-state index contributed by atoms with van der Waals surface area (Å²) in [4.78, 5) is 11.8. The van der Waals surface area contributed by atoms with Crippen LogP contribution in [0.25, 0.3) is 0 Å². The van der Waals surface area contributed by atoms with Gasteiger partial charge in [-0.05, 0) is 33.3 Å². The van der Waals surface area contributed by atoms with Crippen LogP contribution in [0.5, 0.6) is 0 Å². The van der Waals surface area contributed by atoms with Crippen molar-refractivity contribution in [2.75, 3.05) is 6.26 Å². The van der Waals surface area contributed by atoms with Crippen LogP contribution in [0.3, 0.4) is 0 Å². The lowest BCUT2D eigenvalue weighted by Gasteiger charge is -2.19. The normalized spacial score (nSPS) is 12.5. The van der Waals surface area contributed by atoms with Crippen molar-refractivity contribution in [1.82, 2.24) is 3.97 Å². The van der Waals surface area contributed by atoms with E-state index in [-0.39, 0.29) is 5.56 Å². The van der Waals surface area contributed by atoms with Crippen molar-refractivity contribution in [3.8, 4) is 0 Å². The first kappa shape index (κ1) is 13.8. The SMILES string of the molecule is Cc1cn(S(C)(=O)=O)cc1C(=O)OC(C)(C)C. The molecule has 1 aromatic rings. The minimum absolute atomic E-state index is 0.269. The summed E-state index contributed by atoms with van der Waals surface area (Å²) in [6.07, 6.45) is 3.75. The van der Waals surface area contributed by atoms with Crippen molar-refractivity contribution in [3.63, 3.8) is 0 Å². The van der Waals surface area contributed by atoms with Crippen LogP contribution in [0.1, 0.15) is 36.7 Å².